The number of rotatable bonds is 4. The molecule has 0 unspecified atom stereocenters. The lowest BCUT2D eigenvalue weighted by Crippen LogP contribution is -2.56. The molecule has 1 aliphatic carbocycles. The lowest BCUT2D eigenvalue weighted by atomic mass is 9.81. The highest BCUT2D eigenvalue weighted by molar-refractivity contribution is 7.92. The number of anilines is 1. The first-order valence-electron chi connectivity index (χ1n) is 9.21. The molecule has 1 aromatic carbocycles. The van der Waals surface area contributed by atoms with Crippen LogP contribution in [0.5, 0.6) is 0 Å². The van der Waals surface area contributed by atoms with E-state index in [1.165, 1.54) is 17.7 Å². The molecule has 0 bridgehead atoms. The first-order valence-corrected chi connectivity index (χ1v) is 11.1. The van der Waals surface area contributed by atoms with Crippen molar-refractivity contribution < 1.29 is 22.7 Å². The number of sulfonamides is 1. The van der Waals surface area contributed by atoms with Gasteiger partial charge in [-0.3, -0.25) is 9.10 Å². The van der Waals surface area contributed by atoms with Crippen LogP contribution < -0.4 is 9.62 Å². The van der Waals surface area contributed by atoms with Gasteiger partial charge in [0.15, 0.2) is 0 Å². The minimum atomic E-state index is -3.37. The van der Waals surface area contributed by atoms with Gasteiger partial charge in [-0.1, -0.05) is 19.3 Å². The van der Waals surface area contributed by atoms with Crippen molar-refractivity contribution in [1.82, 2.24) is 5.32 Å². The monoisotopic (exact) mass is 394 g/mol. The summed E-state index contributed by atoms with van der Waals surface area (Å²) in [6.45, 7) is 1.84. The van der Waals surface area contributed by atoms with Crippen LogP contribution >= 0.6 is 0 Å². The zero-order valence-corrected chi connectivity index (χ0v) is 16.8. The molecule has 8 heteroatoms. The molecule has 1 aromatic rings. The predicted octanol–water partition coefficient (Wildman–Crippen LogP) is 2.00. The first kappa shape index (κ1) is 19.7. The Morgan fingerprint density at radius 3 is 2.48 bits per heavy atom. The molecule has 7 nitrogen and oxygen atoms in total. The summed E-state index contributed by atoms with van der Waals surface area (Å²) in [4.78, 5) is 25.2. The second-order valence-corrected chi connectivity index (χ2v) is 9.40. The summed E-state index contributed by atoms with van der Waals surface area (Å²) in [5.74, 6) is -0.746. The molecule has 2 aliphatic rings. The second-order valence-electron chi connectivity index (χ2n) is 7.54. The van der Waals surface area contributed by atoms with Crippen LogP contribution in [0, 0.1) is 0 Å². The second kappa shape index (κ2) is 7.14. The van der Waals surface area contributed by atoms with Gasteiger partial charge >= 0.3 is 5.97 Å². The topological polar surface area (TPSA) is 92.8 Å². The smallest absolute Gasteiger partial charge is 0.331 e. The molecular weight excluding hydrogens is 368 g/mol. The van der Waals surface area contributed by atoms with Gasteiger partial charge in [0.1, 0.15) is 5.54 Å². The van der Waals surface area contributed by atoms with Crippen LogP contribution in [-0.2, 0) is 26.0 Å². The van der Waals surface area contributed by atoms with E-state index in [-0.39, 0.29) is 11.9 Å². The molecule has 1 atom stereocenters. The Morgan fingerprint density at radius 1 is 1.22 bits per heavy atom. The Balaban J connectivity index is 1.86. The van der Waals surface area contributed by atoms with Crippen LogP contribution in [0.15, 0.2) is 18.2 Å². The molecule has 1 aliphatic heterocycles. The van der Waals surface area contributed by atoms with Crippen LogP contribution in [0.25, 0.3) is 0 Å². The minimum absolute atomic E-state index is 0.187. The quantitative estimate of drug-likeness (QED) is 0.789. The fourth-order valence-corrected chi connectivity index (χ4v) is 5.53. The number of carbonyl (C=O) groups excluding carboxylic acids is 2. The zero-order valence-electron chi connectivity index (χ0n) is 15.9. The normalized spacial score (nSPS) is 21.4. The van der Waals surface area contributed by atoms with Gasteiger partial charge in [0.2, 0.25) is 10.0 Å². The largest absolute Gasteiger partial charge is 0.467 e. The van der Waals surface area contributed by atoms with Gasteiger partial charge in [0.25, 0.3) is 5.91 Å². The number of nitrogens with one attached hydrogen (secondary N) is 1. The first-order chi connectivity index (χ1) is 12.7. The van der Waals surface area contributed by atoms with Gasteiger partial charge in [-0.05, 0) is 49.9 Å². The third-order valence-electron chi connectivity index (χ3n) is 5.49. The van der Waals surface area contributed by atoms with Gasteiger partial charge in [-0.15, -0.1) is 0 Å². The average Bonchev–Trinajstić information content (AvgIpc) is 2.96. The number of amides is 1. The summed E-state index contributed by atoms with van der Waals surface area (Å²) in [6.07, 6.45) is 5.62. The van der Waals surface area contributed by atoms with E-state index < -0.39 is 21.5 Å². The molecule has 1 fully saturated rings. The maximum absolute atomic E-state index is 12.8. The number of fused-ring (bicyclic) bond motifs is 1. The molecule has 1 heterocycles. The van der Waals surface area contributed by atoms with Crippen molar-refractivity contribution in [3.63, 3.8) is 0 Å². The van der Waals surface area contributed by atoms with Gasteiger partial charge in [-0.2, -0.15) is 0 Å². The van der Waals surface area contributed by atoms with Gasteiger partial charge in [0.05, 0.1) is 19.1 Å². The SMILES string of the molecule is COC(=O)C1(NC(=O)c2ccc3c(c2)C[C@@H](C)N3S(C)(=O)=O)CCCCC1. The lowest BCUT2D eigenvalue weighted by Gasteiger charge is -2.35. The number of ether oxygens (including phenoxy) is 1. The average molecular weight is 394 g/mol. The van der Waals surface area contributed by atoms with E-state index in [1.807, 2.05) is 6.92 Å². The molecule has 1 N–H and O–H groups in total. The van der Waals surface area contributed by atoms with Crippen molar-refractivity contribution in [3.05, 3.63) is 29.3 Å². The molecule has 1 amide bonds. The number of benzene rings is 1. The highest BCUT2D eigenvalue weighted by atomic mass is 32.2. The molecule has 3 rings (SSSR count). The number of esters is 1. The lowest BCUT2D eigenvalue weighted by molar-refractivity contribution is -0.149. The van der Waals surface area contributed by atoms with E-state index in [4.69, 9.17) is 4.74 Å². The van der Waals surface area contributed by atoms with Crippen LogP contribution in [0.1, 0.15) is 54.9 Å². The Morgan fingerprint density at radius 2 is 1.89 bits per heavy atom. The Hall–Kier alpha value is -2.09. The molecule has 0 spiro atoms. The Bertz CT molecular complexity index is 859. The molecule has 0 saturated heterocycles. The van der Waals surface area contributed by atoms with Crippen LogP contribution in [0.2, 0.25) is 0 Å². The highest BCUT2D eigenvalue weighted by Gasteiger charge is 2.42. The maximum Gasteiger partial charge on any atom is 0.331 e. The van der Waals surface area contributed by atoms with Gasteiger partial charge < -0.3 is 10.1 Å². The molecule has 1 saturated carbocycles. The number of methoxy groups -OCH3 is 1. The van der Waals surface area contributed by atoms with Crippen molar-refractivity contribution in [2.24, 2.45) is 0 Å². The number of nitrogens with zero attached hydrogens (tertiary/aromatic N) is 1. The molecule has 0 aromatic heterocycles. The standard InChI is InChI=1S/C19H26N2O5S/c1-13-11-15-12-14(7-8-16(15)21(13)27(3,24)25)17(22)20-19(18(23)26-2)9-5-4-6-10-19/h7-8,12-13H,4-6,9-11H2,1-3H3,(H,20,22)/t13-/m1/s1. The summed E-state index contributed by atoms with van der Waals surface area (Å²) in [5.41, 5.74) is 0.873. The van der Waals surface area contributed by atoms with E-state index in [0.29, 0.717) is 30.5 Å². The number of hydrogen-bond acceptors (Lipinski definition) is 5. The fourth-order valence-electron chi connectivity index (χ4n) is 4.27. The van der Waals surface area contributed by atoms with Crippen molar-refractivity contribution in [2.45, 2.75) is 57.0 Å². The summed E-state index contributed by atoms with van der Waals surface area (Å²) in [7, 11) is -2.04. The maximum atomic E-state index is 12.8. The fraction of sp³-hybridized carbons (Fsp3) is 0.579. The van der Waals surface area contributed by atoms with Gasteiger partial charge in [0, 0.05) is 11.6 Å². The highest BCUT2D eigenvalue weighted by Crippen LogP contribution is 2.35. The minimum Gasteiger partial charge on any atom is -0.467 e. The zero-order chi connectivity index (χ0) is 19.8. The molecule has 27 heavy (non-hydrogen) atoms. The van der Waals surface area contributed by atoms with Crippen molar-refractivity contribution >= 4 is 27.6 Å². The van der Waals surface area contributed by atoms with Crippen molar-refractivity contribution in [1.29, 1.82) is 0 Å². The summed E-state index contributed by atoms with van der Waals surface area (Å²) < 4.78 is 30.4. The summed E-state index contributed by atoms with van der Waals surface area (Å²) >= 11 is 0. The van der Waals surface area contributed by atoms with E-state index in [1.54, 1.807) is 18.2 Å². The van der Waals surface area contributed by atoms with Crippen molar-refractivity contribution in [2.75, 3.05) is 17.7 Å². The molecular formula is C19H26N2O5S. The van der Waals surface area contributed by atoms with Crippen LogP contribution in [0.3, 0.4) is 0 Å². The summed E-state index contributed by atoms with van der Waals surface area (Å²) in [5, 5.41) is 2.90. The molecule has 148 valence electrons. The van der Waals surface area contributed by atoms with Crippen molar-refractivity contribution in [3.8, 4) is 0 Å². The van der Waals surface area contributed by atoms with E-state index >= 15 is 0 Å². The molecule has 0 radical (unpaired) electrons. The van der Waals surface area contributed by atoms with E-state index in [0.717, 1.165) is 24.8 Å². The summed E-state index contributed by atoms with van der Waals surface area (Å²) in [6, 6.07) is 4.81. The third kappa shape index (κ3) is 3.67. The van der Waals surface area contributed by atoms with Crippen LogP contribution in [0.4, 0.5) is 5.69 Å². The Kier molecular flexibility index (Phi) is 5.20. The number of carbonyl (C=O) groups is 2. The van der Waals surface area contributed by atoms with Crippen LogP contribution in [-0.4, -0.2) is 45.2 Å². The van der Waals surface area contributed by atoms with Gasteiger partial charge in [-0.25, -0.2) is 13.2 Å². The van der Waals surface area contributed by atoms with E-state index in [9.17, 15) is 18.0 Å². The number of hydrogen-bond donors (Lipinski definition) is 1. The Labute approximate surface area is 160 Å². The predicted molar refractivity (Wildman–Crippen MR) is 102 cm³/mol. The third-order valence-corrected chi connectivity index (χ3v) is 6.76. The van der Waals surface area contributed by atoms with E-state index in [2.05, 4.69) is 5.32 Å².